The minimum absolute atomic E-state index is 0.736. The van der Waals surface area contributed by atoms with Crippen molar-refractivity contribution in [2.45, 2.75) is 0 Å². The van der Waals surface area contributed by atoms with Gasteiger partial charge in [-0.2, -0.15) is 5.10 Å². The van der Waals surface area contributed by atoms with Gasteiger partial charge in [-0.3, -0.25) is 5.43 Å². The van der Waals surface area contributed by atoms with Crippen LogP contribution in [0.15, 0.2) is 29.4 Å². The van der Waals surface area contributed by atoms with Gasteiger partial charge in [0, 0.05) is 17.4 Å². The van der Waals surface area contributed by atoms with Crippen molar-refractivity contribution in [3.05, 3.63) is 29.3 Å². The maximum absolute atomic E-state index is 5.76. The number of rotatable bonds is 2. The highest BCUT2D eigenvalue weighted by Gasteiger charge is 2.06. The smallest absolute Gasteiger partial charge is 0.109 e. The van der Waals surface area contributed by atoms with Crippen LogP contribution in [0, 0.1) is 0 Å². The molecule has 0 unspecified atom stereocenters. The lowest BCUT2D eigenvalue weighted by Gasteiger charge is -2.00. The summed E-state index contributed by atoms with van der Waals surface area (Å²) in [6.07, 6.45) is 0. The lowest BCUT2D eigenvalue weighted by atomic mass is 10.3. The molecule has 0 atom stereocenters. The first-order chi connectivity index (χ1) is 6.84. The van der Waals surface area contributed by atoms with Gasteiger partial charge < -0.3 is 5.32 Å². The average Bonchev–Trinajstić information content (AvgIpc) is 2.70. The van der Waals surface area contributed by atoms with Crippen molar-refractivity contribution in [2.24, 2.45) is 5.10 Å². The molecule has 1 aromatic carbocycles. The van der Waals surface area contributed by atoms with Crippen molar-refractivity contribution >= 4 is 34.1 Å². The highest BCUT2D eigenvalue weighted by Crippen LogP contribution is 2.14. The average molecular weight is 228 g/mol. The van der Waals surface area contributed by atoms with Gasteiger partial charge in [-0.1, -0.05) is 23.4 Å². The first kappa shape index (κ1) is 9.83. The molecular formula is C9H10ClN3S. The number of hydrogen-bond acceptors (Lipinski definition) is 4. The van der Waals surface area contributed by atoms with E-state index < -0.39 is 0 Å². The molecule has 1 aliphatic rings. The molecule has 2 rings (SSSR count). The van der Waals surface area contributed by atoms with E-state index in [1.165, 1.54) is 0 Å². The Labute approximate surface area is 91.9 Å². The topological polar surface area (TPSA) is 36.4 Å². The van der Waals surface area contributed by atoms with Crippen LogP contribution in [0.5, 0.6) is 0 Å². The molecule has 0 saturated carbocycles. The highest BCUT2D eigenvalue weighted by molar-refractivity contribution is 8.14. The number of benzene rings is 1. The van der Waals surface area contributed by atoms with Crippen molar-refractivity contribution in [2.75, 3.05) is 17.8 Å². The summed E-state index contributed by atoms with van der Waals surface area (Å²) in [5, 5.41) is 9.26. The molecule has 0 radical (unpaired) electrons. The number of hydrogen-bond donors (Lipinski definition) is 2. The molecule has 1 aliphatic heterocycles. The molecule has 1 aromatic rings. The van der Waals surface area contributed by atoms with Crippen molar-refractivity contribution in [3.63, 3.8) is 0 Å². The van der Waals surface area contributed by atoms with Crippen LogP contribution in [0.3, 0.4) is 0 Å². The Kier molecular flexibility index (Phi) is 3.29. The molecular weight excluding hydrogens is 218 g/mol. The molecule has 0 bridgehead atoms. The number of halogens is 1. The summed E-state index contributed by atoms with van der Waals surface area (Å²) in [7, 11) is 0. The van der Waals surface area contributed by atoms with Crippen molar-refractivity contribution in [1.29, 1.82) is 0 Å². The zero-order valence-electron chi connectivity index (χ0n) is 7.46. The molecule has 1 saturated heterocycles. The summed E-state index contributed by atoms with van der Waals surface area (Å²) in [6, 6.07) is 7.48. The third kappa shape index (κ3) is 2.64. The SMILES string of the molecule is Clc1ccc(NN=C2CNCS2)cc1. The molecule has 3 nitrogen and oxygen atoms in total. The van der Waals surface area contributed by atoms with Gasteiger partial charge in [0.25, 0.3) is 0 Å². The van der Waals surface area contributed by atoms with Crippen LogP contribution in [0.1, 0.15) is 0 Å². The van der Waals surface area contributed by atoms with E-state index in [0.717, 1.165) is 28.2 Å². The van der Waals surface area contributed by atoms with Gasteiger partial charge >= 0.3 is 0 Å². The molecule has 1 fully saturated rings. The van der Waals surface area contributed by atoms with E-state index >= 15 is 0 Å². The predicted octanol–water partition coefficient (Wildman–Crippen LogP) is 2.36. The number of nitrogens with one attached hydrogen (secondary N) is 2. The molecule has 14 heavy (non-hydrogen) atoms. The summed E-state index contributed by atoms with van der Waals surface area (Å²) in [5.41, 5.74) is 3.94. The molecule has 2 N–H and O–H groups in total. The van der Waals surface area contributed by atoms with E-state index in [1.54, 1.807) is 11.8 Å². The van der Waals surface area contributed by atoms with E-state index in [-0.39, 0.29) is 0 Å². The summed E-state index contributed by atoms with van der Waals surface area (Å²) >= 11 is 7.48. The van der Waals surface area contributed by atoms with Gasteiger partial charge in [-0.25, -0.2) is 0 Å². The fourth-order valence-corrected chi connectivity index (χ4v) is 1.88. The van der Waals surface area contributed by atoms with E-state index in [9.17, 15) is 0 Å². The van der Waals surface area contributed by atoms with Crippen LogP contribution < -0.4 is 10.7 Å². The van der Waals surface area contributed by atoms with Gasteiger partial charge in [-0.05, 0) is 24.3 Å². The number of hydrazone groups is 1. The zero-order chi connectivity index (χ0) is 9.80. The van der Waals surface area contributed by atoms with Gasteiger partial charge in [0.1, 0.15) is 5.04 Å². The van der Waals surface area contributed by atoms with Gasteiger partial charge in [0.15, 0.2) is 0 Å². The molecule has 0 aromatic heterocycles. The summed E-state index contributed by atoms with van der Waals surface area (Å²) in [5.74, 6) is 0.946. The van der Waals surface area contributed by atoms with E-state index in [2.05, 4.69) is 15.8 Å². The quantitative estimate of drug-likeness (QED) is 0.762. The van der Waals surface area contributed by atoms with Gasteiger partial charge in [0.05, 0.1) is 5.69 Å². The Bertz CT molecular complexity index is 328. The van der Waals surface area contributed by atoms with Gasteiger partial charge in [0.2, 0.25) is 0 Å². The largest absolute Gasteiger partial charge is 0.301 e. The first-order valence-electron chi connectivity index (χ1n) is 4.26. The maximum Gasteiger partial charge on any atom is 0.109 e. The Balaban J connectivity index is 1.97. The second-order valence-electron chi connectivity index (χ2n) is 2.84. The summed E-state index contributed by atoms with van der Waals surface area (Å²) < 4.78 is 0. The van der Waals surface area contributed by atoms with Crippen molar-refractivity contribution in [3.8, 4) is 0 Å². The first-order valence-corrected chi connectivity index (χ1v) is 5.62. The molecule has 1 heterocycles. The summed E-state index contributed by atoms with van der Waals surface area (Å²) in [6.45, 7) is 0.852. The van der Waals surface area contributed by atoms with E-state index in [0.29, 0.717) is 0 Å². The predicted molar refractivity (Wildman–Crippen MR) is 63.0 cm³/mol. The molecule has 0 amide bonds. The minimum atomic E-state index is 0.736. The lowest BCUT2D eigenvalue weighted by Crippen LogP contribution is -2.09. The number of nitrogens with zero attached hydrogens (tertiary/aromatic N) is 1. The van der Waals surface area contributed by atoms with Crippen molar-refractivity contribution in [1.82, 2.24) is 5.32 Å². The molecule has 0 spiro atoms. The third-order valence-corrected chi connectivity index (χ3v) is 2.94. The molecule has 0 aliphatic carbocycles. The van der Waals surface area contributed by atoms with E-state index in [1.807, 2.05) is 24.3 Å². The highest BCUT2D eigenvalue weighted by atomic mass is 35.5. The van der Waals surface area contributed by atoms with Gasteiger partial charge in [-0.15, -0.1) is 0 Å². The second-order valence-corrected chi connectivity index (χ2v) is 4.32. The van der Waals surface area contributed by atoms with Crippen molar-refractivity contribution < 1.29 is 0 Å². The van der Waals surface area contributed by atoms with E-state index in [4.69, 9.17) is 11.6 Å². The Morgan fingerprint density at radius 2 is 2.14 bits per heavy atom. The Morgan fingerprint density at radius 3 is 2.79 bits per heavy atom. The molecule has 5 heteroatoms. The van der Waals surface area contributed by atoms with Crippen LogP contribution in [-0.4, -0.2) is 17.5 Å². The summed E-state index contributed by atoms with van der Waals surface area (Å²) in [4.78, 5) is 0. The fourth-order valence-electron chi connectivity index (χ4n) is 1.07. The van der Waals surface area contributed by atoms with Crippen LogP contribution >= 0.6 is 23.4 Å². The minimum Gasteiger partial charge on any atom is -0.301 e. The number of anilines is 1. The molecule has 74 valence electrons. The van der Waals surface area contributed by atoms with Crippen LogP contribution in [0.2, 0.25) is 5.02 Å². The van der Waals surface area contributed by atoms with Crippen LogP contribution in [-0.2, 0) is 0 Å². The zero-order valence-corrected chi connectivity index (χ0v) is 9.03. The Morgan fingerprint density at radius 1 is 1.36 bits per heavy atom. The second kappa shape index (κ2) is 4.68. The van der Waals surface area contributed by atoms with Crippen LogP contribution in [0.25, 0.3) is 0 Å². The fraction of sp³-hybridized carbons (Fsp3) is 0.222. The number of thioether (sulfide) groups is 1. The Hall–Kier alpha value is -0.710. The standard InChI is InChI=1S/C9H10ClN3S/c10-7-1-3-8(4-2-7)12-13-9-5-11-6-14-9/h1-4,11-12H,5-6H2. The maximum atomic E-state index is 5.76. The normalized spacial score (nSPS) is 18.8. The third-order valence-electron chi connectivity index (χ3n) is 1.77. The monoisotopic (exact) mass is 227 g/mol. The lowest BCUT2D eigenvalue weighted by molar-refractivity contribution is 0.943. The van der Waals surface area contributed by atoms with Crippen LogP contribution in [0.4, 0.5) is 5.69 Å².